The summed E-state index contributed by atoms with van der Waals surface area (Å²) in [5.41, 5.74) is 6.43. The molecule has 1 heterocycles. The summed E-state index contributed by atoms with van der Waals surface area (Å²) in [6.07, 6.45) is 0.233. The third-order valence-corrected chi connectivity index (χ3v) is 2.99. The quantitative estimate of drug-likeness (QED) is 0.876. The van der Waals surface area contributed by atoms with Crippen LogP contribution in [0.25, 0.3) is 0 Å². The van der Waals surface area contributed by atoms with Crippen LogP contribution in [0.15, 0.2) is 0 Å². The molecular formula is C11H18ClN3O. The van der Waals surface area contributed by atoms with Gasteiger partial charge in [-0.1, -0.05) is 11.6 Å². The van der Waals surface area contributed by atoms with E-state index in [1.807, 2.05) is 13.8 Å². The second-order valence-electron chi connectivity index (χ2n) is 4.48. The van der Waals surface area contributed by atoms with Crippen LogP contribution in [0, 0.1) is 6.92 Å². The molecule has 0 aliphatic heterocycles. The third kappa shape index (κ3) is 2.62. The summed E-state index contributed by atoms with van der Waals surface area (Å²) < 4.78 is 1.75. The number of carbonyl (C=O) groups excluding carboxylic acids is 1. The average Bonchev–Trinajstić information content (AvgIpc) is 2.44. The second-order valence-corrected chi connectivity index (χ2v) is 4.86. The number of halogens is 1. The monoisotopic (exact) mass is 243 g/mol. The molecule has 0 aromatic carbocycles. The highest BCUT2D eigenvalue weighted by Gasteiger charge is 2.25. The van der Waals surface area contributed by atoms with Gasteiger partial charge in [-0.25, -0.2) is 0 Å². The summed E-state index contributed by atoms with van der Waals surface area (Å²) in [7, 11) is 0. The van der Waals surface area contributed by atoms with Crippen molar-refractivity contribution in [2.75, 3.05) is 0 Å². The van der Waals surface area contributed by atoms with Gasteiger partial charge in [-0.2, -0.15) is 5.10 Å². The van der Waals surface area contributed by atoms with Crippen molar-refractivity contribution in [1.29, 1.82) is 0 Å². The van der Waals surface area contributed by atoms with E-state index in [9.17, 15) is 4.79 Å². The van der Waals surface area contributed by atoms with Crippen molar-refractivity contribution < 1.29 is 4.79 Å². The largest absolute Gasteiger partial charge is 0.319 e. The number of hydrogen-bond donors (Lipinski definition) is 1. The van der Waals surface area contributed by atoms with Crippen LogP contribution >= 0.6 is 11.6 Å². The van der Waals surface area contributed by atoms with Gasteiger partial charge in [0.05, 0.1) is 28.4 Å². The lowest BCUT2D eigenvalue weighted by Gasteiger charge is -2.17. The van der Waals surface area contributed by atoms with Crippen LogP contribution in [-0.4, -0.2) is 21.1 Å². The van der Waals surface area contributed by atoms with Gasteiger partial charge in [-0.3, -0.25) is 9.48 Å². The molecule has 0 radical (unpaired) electrons. The number of carbonyl (C=O) groups is 1. The minimum atomic E-state index is -0.833. The van der Waals surface area contributed by atoms with E-state index in [4.69, 9.17) is 17.3 Å². The predicted octanol–water partition coefficient (Wildman–Crippen LogP) is 1.71. The van der Waals surface area contributed by atoms with Crippen molar-refractivity contribution in [2.24, 2.45) is 5.73 Å². The maximum absolute atomic E-state index is 11.8. The first-order chi connectivity index (χ1) is 7.27. The van der Waals surface area contributed by atoms with E-state index in [1.54, 1.807) is 18.5 Å². The highest BCUT2D eigenvalue weighted by atomic mass is 35.5. The van der Waals surface area contributed by atoms with E-state index in [1.165, 1.54) is 0 Å². The Morgan fingerprint density at radius 2 is 2.12 bits per heavy atom. The summed E-state index contributed by atoms with van der Waals surface area (Å²) in [6.45, 7) is 7.88. The van der Waals surface area contributed by atoms with Crippen LogP contribution in [0.2, 0.25) is 5.02 Å². The van der Waals surface area contributed by atoms with Crippen molar-refractivity contribution in [1.82, 2.24) is 9.78 Å². The average molecular weight is 244 g/mol. The molecule has 0 saturated carbocycles. The van der Waals surface area contributed by atoms with E-state index in [2.05, 4.69) is 5.10 Å². The molecule has 0 atom stereocenters. The molecule has 0 aliphatic carbocycles. The Morgan fingerprint density at radius 3 is 2.56 bits per heavy atom. The Morgan fingerprint density at radius 1 is 1.56 bits per heavy atom. The van der Waals surface area contributed by atoms with Crippen molar-refractivity contribution in [3.05, 3.63) is 16.4 Å². The van der Waals surface area contributed by atoms with Gasteiger partial charge in [-0.15, -0.1) is 0 Å². The Balaban J connectivity index is 3.01. The van der Waals surface area contributed by atoms with Gasteiger partial charge in [0.2, 0.25) is 0 Å². The summed E-state index contributed by atoms with van der Waals surface area (Å²) in [5, 5.41) is 4.82. The Labute approximate surface area is 101 Å². The zero-order chi connectivity index (χ0) is 12.5. The normalized spacial score (nSPS) is 11.9. The van der Waals surface area contributed by atoms with Crippen LogP contribution in [0.1, 0.15) is 32.2 Å². The minimum absolute atomic E-state index is 0.0380. The highest BCUT2D eigenvalue weighted by Crippen LogP contribution is 2.22. The lowest BCUT2D eigenvalue weighted by molar-refractivity contribution is -0.122. The van der Waals surface area contributed by atoms with Crippen molar-refractivity contribution in [3.8, 4) is 0 Å². The first-order valence-electron chi connectivity index (χ1n) is 5.31. The molecule has 2 N–H and O–H groups in total. The van der Waals surface area contributed by atoms with E-state index >= 15 is 0 Å². The fourth-order valence-corrected chi connectivity index (χ4v) is 1.62. The molecule has 0 unspecified atom stereocenters. The number of rotatable bonds is 4. The lowest BCUT2D eigenvalue weighted by atomic mass is 9.97. The molecular weight excluding hydrogens is 226 g/mol. The SMILES string of the molecule is CCn1nc(C)c(Cl)c1CC(=O)C(C)(C)N. The maximum atomic E-state index is 11.8. The Bertz CT molecular complexity index is 404. The summed E-state index contributed by atoms with van der Waals surface area (Å²) >= 11 is 6.11. The molecule has 1 aromatic rings. The first-order valence-corrected chi connectivity index (χ1v) is 5.69. The fraction of sp³-hybridized carbons (Fsp3) is 0.636. The van der Waals surface area contributed by atoms with Gasteiger partial charge >= 0.3 is 0 Å². The Hall–Kier alpha value is -0.870. The van der Waals surface area contributed by atoms with Crippen molar-refractivity contribution in [2.45, 2.75) is 46.2 Å². The predicted molar refractivity (Wildman–Crippen MR) is 64.6 cm³/mol. The fourth-order valence-electron chi connectivity index (χ4n) is 1.42. The van der Waals surface area contributed by atoms with E-state index in [0.717, 1.165) is 11.4 Å². The smallest absolute Gasteiger partial charge is 0.158 e. The summed E-state index contributed by atoms with van der Waals surface area (Å²) in [5.74, 6) is -0.0380. The van der Waals surface area contributed by atoms with Gasteiger partial charge in [0.1, 0.15) is 0 Å². The molecule has 1 aromatic heterocycles. The van der Waals surface area contributed by atoms with Crippen LogP contribution in [0.4, 0.5) is 0 Å². The topological polar surface area (TPSA) is 60.9 Å². The highest BCUT2D eigenvalue weighted by molar-refractivity contribution is 6.32. The molecule has 0 bridgehead atoms. The number of Topliss-reactive ketones (excluding diaryl/α,β-unsaturated/α-hetero) is 1. The molecule has 16 heavy (non-hydrogen) atoms. The van der Waals surface area contributed by atoms with Gasteiger partial charge in [0.15, 0.2) is 5.78 Å². The maximum Gasteiger partial charge on any atom is 0.158 e. The number of nitrogens with two attached hydrogens (primary N) is 1. The molecule has 1 rings (SSSR count). The third-order valence-electron chi connectivity index (χ3n) is 2.50. The zero-order valence-electron chi connectivity index (χ0n) is 10.2. The van der Waals surface area contributed by atoms with Gasteiger partial charge in [-0.05, 0) is 27.7 Å². The molecule has 0 spiro atoms. The number of nitrogens with zero attached hydrogens (tertiary/aromatic N) is 2. The second kappa shape index (κ2) is 4.55. The van der Waals surface area contributed by atoms with Crippen molar-refractivity contribution in [3.63, 3.8) is 0 Å². The number of hydrogen-bond acceptors (Lipinski definition) is 3. The van der Waals surface area contributed by atoms with Gasteiger partial charge in [0, 0.05) is 6.54 Å². The lowest BCUT2D eigenvalue weighted by Crippen LogP contribution is -2.42. The number of aryl methyl sites for hydroxylation is 2. The van der Waals surface area contributed by atoms with Crippen LogP contribution in [0.3, 0.4) is 0 Å². The summed E-state index contributed by atoms with van der Waals surface area (Å²) in [4.78, 5) is 11.8. The van der Waals surface area contributed by atoms with Crippen LogP contribution in [0.5, 0.6) is 0 Å². The Kier molecular flexibility index (Phi) is 3.76. The van der Waals surface area contributed by atoms with E-state index in [0.29, 0.717) is 11.6 Å². The molecule has 0 aliphatic rings. The van der Waals surface area contributed by atoms with Gasteiger partial charge in [0.25, 0.3) is 0 Å². The number of aromatic nitrogens is 2. The van der Waals surface area contributed by atoms with Crippen LogP contribution < -0.4 is 5.73 Å². The number of ketones is 1. The minimum Gasteiger partial charge on any atom is -0.319 e. The van der Waals surface area contributed by atoms with Crippen LogP contribution in [-0.2, 0) is 17.8 Å². The standard InChI is InChI=1S/C11H18ClN3O/c1-5-15-8(10(12)7(2)14-15)6-9(16)11(3,4)13/h5-6,13H2,1-4H3. The van der Waals surface area contributed by atoms with E-state index < -0.39 is 5.54 Å². The molecule has 90 valence electrons. The molecule has 0 fully saturated rings. The molecule has 0 saturated heterocycles. The molecule has 0 amide bonds. The van der Waals surface area contributed by atoms with Gasteiger partial charge < -0.3 is 5.73 Å². The van der Waals surface area contributed by atoms with E-state index in [-0.39, 0.29) is 12.2 Å². The first kappa shape index (κ1) is 13.2. The van der Waals surface area contributed by atoms with Crippen molar-refractivity contribution >= 4 is 17.4 Å². The molecule has 5 heteroatoms. The summed E-state index contributed by atoms with van der Waals surface area (Å²) in [6, 6.07) is 0. The molecule has 4 nitrogen and oxygen atoms in total. The zero-order valence-corrected chi connectivity index (χ0v) is 10.9.